The third-order valence-electron chi connectivity index (χ3n) is 3.35. The quantitative estimate of drug-likeness (QED) is 0.616. The summed E-state index contributed by atoms with van der Waals surface area (Å²) in [6.45, 7) is 4.80. The number of hydrazine groups is 1. The van der Waals surface area contributed by atoms with Crippen molar-refractivity contribution in [2.75, 3.05) is 6.61 Å². The van der Waals surface area contributed by atoms with Crippen LogP contribution in [0.1, 0.15) is 38.7 Å². The fourth-order valence-corrected chi connectivity index (χ4v) is 2.01. The Morgan fingerprint density at radius 2 is 1.77 bits per heavy atom. The number of esters is 1. The SMILES string of the molecule is CC[C@@H](C)[C@H](C(=O)OCC(=O)NNC(C)=O)c1ccccc1. The van der Waals surface area contributed by atoms with Crippen molar-refractivity contribution in [3.63, 3.8) is 0 Å². The van der Waals surface area contributed by atoms with Gasteiger partial charge in [0.1, 0.15) is 0 Å². The Hall–Kier alpha value is -2.37. The summed E-state index contributed by atoms with van der Waals surface area (Å²) in [6, 6.07) is 9.34. The van der Waals surface area contributed by atoms with Crippen LogP contribution >= 0.6 is 0 Å². The third-order valence-corrected chi connectivity index (χ3v) is 3.35. The Balaban J connectivity index is 2.66. The molecule has 0 aliphatic rings. The molecule has 1 rings (SSSR count). The first-order chi connectivity index (χ1) is 10.5. The highest BCUT2D eigenvalue weighted by Crippen LogP contribution is 2.28. The molecule has 1 aromatic rings. The fourth-order valence-electron chi connectivity index (χ4n) is 2.01. The molecule has 120 valence electrons. The van der Waals surface area contributed by atoms with Crippen molar-refractivity contribution in [3.8, 4) is 0 Å². The molecule has 2 amide bonds. The first-order valence-electron chi connectivity index (χ1n) is 7.22. The van der Waals surface area contributed by atoms with Gasteiger partial charge >= 0.3 is 5.97 Å². The highest BCUT2D eigenvalue weighted by Gasteiger charge is 2.27. The van der Waals surface area contributed by atoms with Crippen LogP contribution in [-0.2, 0) is 19.1 Å². The zero-order valence-electron chi connectivity index (χ0n) is 13.1. The molecule has 0 spiro atoms. The van der Waals surface area contributed by atoms with Crippen LogP contribution in [0.2, 0.25) is 0 Å². The maximum Gasteiger partial charge on any atom is 0.314 e. The van der Waals surface area contributed by atoms with E-state index in [2.05, 4.69) is 10.9 Å². The predicted octanol–water partition coefficient (Wildman–Crippen LogP) is 1.53. The molecule has 22 heavy (non-hydrogen) atoms. The lowest BCUT2D eigenvalue weighted by Gasteiger charge is -2.21. The van der Waals surface area contributed by atoms with Gasteiger partial charge in [-0.2, -0.15) is 0 Å². The van der Waals surface area contributed by atoms with Crippen molar-refractivity contribution < 1.29 is 19.1 Å². The van der Waals surface area contributed by atoms with E-state index >= 15 is 0 Å². The van der Waals surface area contributed by atoms with Gasteiger partial charge in [0.2, 0.25) is 5.91 Å². The lowest BCUT2D eigenvalue weighted by atomic mass is 9.86. The average Bonchev–Trinajstić information content (AvgIpc) is 2.51. The van der Waals surface area contributed by atoms with Crippen LogP contribution < -0.4 is 10.9 Å². The Bertz CT molecular complexity index is 516. The van der Waals surface area contributed by atoms with E-state index in [0.717, 1.165) is 12.0 Å². The molecule has 0 radical (unpaired) electrons. The first-order valence-corrected chi connectivity index (χ1v) is 7.22. The largest absolute Gasteiger partial charge is 0.455 e. The second-order valence-corrected chi connectivity index (χ2v) is 5.11. The van der Waals surface area contributed by atoms with Crippen molar-refractivity contribution >= 4 is 17.8 Å². The van der Waals surface area contributed by atoms with Gasteiger partial charge in [-0.25, -0.2) is 0 Å². The Kier molecular flexibility index (Phi) is 7.08. The van der Waals surface area contributed by atoms with Gasteiger partial charge in [-0.1, -0.05) is 50.6 Å². The van der Waals surface area contributed by atoms with Gasteiger partial charge in [0.25, 0.3) is 5.91 Å². The minimum atomic E-state index is -0.584. The molecule has 6 nitrogen and oxygen atoms in total. The number of rotatable bonds is 6. The van der Waals surface area contributed by atoms with Crippen LogP contribution in [-0.4, -0.2) is 24.4 Å². The van der Waals surface area contributed by atoms with Crippen LogP contribution in [0.25, 0.3) is 0 Å². The zero-order valence-corrected chi connectivity index (χ0v) is 13.1. The maximum atomic E-state index is 12.3. The van der Waals surface area contributed by atoms with E-state index in [0.29, 0.717) is 0 Å². The van der Waals surface area contributed by atoms with Crippen molar-refractivity contribution in [1.82, 2.24) is 10.9 Å². The monoisotopic (exact) mass is 306 g/mol. The molecule has 0 aliphatic carbocycles. The highest BCUT2D eigenvalue weighted by atomic mass is 16.5. The minimum absolute atomic E-state index is 0.0910. The van der Waals surface area contributed by atoms with E-state index < -0.39 is 30.3 Å². The second kappa shape index (κ2) is 8.81. The molecule has 0 heterocycles. The Morgan fingerprint density at radius 1 is 1.14 bits per heavy atom. The fraction of sp³-hybridized carbons (Fsp3) is 0.438. The summed E-state index contributed by atoms with van der Waals surface area (Å²) in [7, 11) is 0. The maximum absolute atomic E-state index is 12.3. The third kappa shape index (κ3) is 5.55. The molecule has 1 aromatic carbocycles. The van der Waals surface area contributed by atoms with Crippen molar-refractivity contribution in [2.24, 2.45) is 5.92 Å². The standard InChI is InChI=1S/C16H22N2O4/c1-4-11(2)15(13-8-6-5-7-9-13)16(21)22-10-14(20)18-17-12(3)19/h5-9,11,15H,4,10H2,1-3H3,(H,17,19)(H,18,20)/t11-,15+/m1/s1. The van der Waals surface area contributed by atoms with Gasteiger partial charge in [-0.05, 0) is 11.5 Å². The number of hydrogen-bond acceptors (Lipinski definition) is 4. The highest BCUT2D eigenvalue weighted by molar-refractivity contribution is 5.85. The molecule has 0 saturated heterocycles. The van der Waals surface area contributed by atoms with E-state index in [1.165, 1.54) is 6.92 Å². The van der Waals surface area contributed by atoms with Crippen molar-refractivity contribution in [3.05, 3.63) is 35.9 Å². The topological polar surface area (TPSA) is 84.5 Å². The molecule has 0 bridgehead atoms. The number of benzene rings is 1. The van der Waals surface area contributed by atoms with E-state index in [4.69, 9.17) is 4.74 Å². The van der Waals surface area contributed by atoms with Gasteiger partial charge in [-0.3, -0.25) is 25.2 Å². The molecule has 0 fully saturated rings. The first kappa shape index (κ1) is 17.7. The van der Waals surface area contributed by atoms with Gasteiger partial charge in [0.05, 0.1) is 5.92 Å². The van der Waals surface area contributed by atoms with E-state index in [9.17, 15) is 14.4 Å². The minimum Gasteiger partial charge on any atom is -0.455 e. The summed E-state index contributed by atoms with van der Waals surface area (Å²) in [5.41, 5.74) is 5.14. The number of carbonyl (C=O) groups excluding carboxylic acids is 3. The van der Waals surface area contributed by atoms with Gasteiger partial charge in [-0.15, -0.1) is 0 Å². The molecule has 2 atom stereocenters. The van der Waals surface area contributed by atoms with Gasteiger partial charge in [0.15, 0.2) is 6.61 Å². The lowest BCUT2D eigenvalue weighted by Crippen LogP contribution is -2.42. The smallest absolute Gasteiger partial charge is 0.314 e. The summed E-state index contributed by atoms with van der Waals surface area (Å²) < 4.78 is 5.07. The van der Waals surface area contributed by atoms with E-state index in [-0.39, 0.29) is 5.92 Å². The lowest BCUT2D eigenvalue weighted by molar-refractivity contribution is -0.151. The molecule has 0 unspecified atom stereocenters. The van der Waals surface area contributed by atoms with E-state index in [1.54, 1.807) is 0 Å². The molecule has 0 saturated carbocycles. The number of hydrogen-bond donors (Lipinski definition) is 2. The van der Waals surface area contributed by atoms with Gasteiger partial charge < -0.3 is 4.74 Å². The summed E-state index contributed by atoms with van der Waals surface area (Å²) in [6.07, 6.45) is 0.812. The summed E-state index contributed by atoms with van der Waals surface area (Å²) in [5, 5.41) is 0. The molecule has 0 aromatic heterocycles. The Morgan fingerprint density at radius 3 is 2.32 bits per heavy atom. The van der Waals surface area contributed by atoms with Crippen molar-refractivity contribution in [2.45, 2.75) is 33.1 Å². The Labute approximate surface area is 130 Å². The summed E-state index contributed by atoms with van der Waals surface area (Å²) in [4.78, 5) is 34.4. The zero-order chi connectivity index (χ0) is 16.5. The number of ether oxygens (including phenoxy) is 1. The number of amides is 2. The van der Waals surface area contributed by atoms with Crippen LogP contribution in [0.4, 0.5) is 0 Å². The molecule has 2 N–H and O–H groups in total. The number of carbonyl (C=O) groups is 3. The van der Waals surface area contributed by atoms with Crippen LogP contribution in [0, 0.1) is 5.92 Å². The predicted molar refractivity (Wildman–Crippen MR) is 81.6 cm³/mol. The van der Waals surface area contributed by atoms with Gasteiger partial charge in [0, 0.05) is 6.92 Å². The second-order valence-electron chi connectivity index (χ2n) is 5.11. The molecular formula is C16H22N2O4. The normalized spacial score (nSPS) is 12.9. The van der Waals surface area contributed by atoms with E-state index in [1.807, 2.05) is 44.2 Å². The molecule has 6 heteroatoms. The summed E-state index contributed by atoms with van der Waals surface area (Å²) >= 11 is 0. The van der Waals surface area contributed by atoms with Crippen LogP contribution in [0.3, 0.4) is 0 Å². The molecule has 0 aliphatic heterocycles. The van der Waals surface area contributed by atoms with Crippen molar-refractivity contribution in [1.29, 1.82) is 0 Å². The molecular weight excluding hydrogens is 284 g/mol. The van der Waals surface area contributed by atoms with Crippen LogP contribution in [0.5, 0.6) is 0 Å². The summed E-state index contributed by atoms with van der Waals surface area (Å²) in [5.74, 6) is -1.76. The number of nitrogens with one attached hydrogen (secondary N) is 2. The average molecular weight is 306 g/mol. The van der Waals surface area contributed by atoms with Crippen LogP contribution in [0.15, 0.2) is 30.3 Å².